The number of azide groups is 1. The molecule has 148 valence electrons. The maximum absolute atomic E-state index is 10.9. The molecule has 0 aliphatic carbocycles. The number of ether oxygens (including phenoxy) is 1. The Morgan fingerprint density at radius 1 is 1.04 bits per heavy atom. The average molecular weight is 384 g/mol. The van der Waals surface area contributed by atoms with Crippen LogP contribution in [0.5, 0.6) is 0 Å². The highest BCUT2D eigenvalue weighted by atomic mass is 16.6. The van der Waals surface area contributed by atoms with Gasteiger partial charge in [0.2, 0.25) is 5.79 Å². The summed E-state index contributed by atoms with van der Waals surface area (Å²) in [6.07, 6.45) is -3.02. The summed E-state index contributed by atoms with van der Waals surface area (Å²) in [5.41, 5.74) is 10.6. The Kier molecular flexibility index (Phi) is 6.64. The molecule has 1 saturated heterocycles. The molecule has 1 aliphatic rings. The van der Waals surface area contributed by atoms with Gasteiger partial charge in [-0.2, -0.15) is 0 Å². The minimum absolute atomic E-state index is 0.0298. The standard InChI is InChI=1S/C20H24N4O4/c21-23-22-17-13-28-20(27,19(26)18(17)25)14-24(11-15-7-3-1-4-8-15)12-16-9-5-2-6-10-16/h1-10,17-19,25-27H,11-14H2/t17-,18-,19+,20?/m1/s1. The second-order valence-corrected chi connectivity index (χ2v) is 6.98. The van der Waals surface area contributed by atoms with E-state index >= 15 is 0 Å². The van der Waals surface area contributed by atoms with Crippen LogP contribution in [0.25, 0.3) is 10.4 Å². The van der Waals surface area contributed by atoms with E-state index in [4.69, 9.17) is 10.3 Å². The largest absolute Gasteiger partial charge is 0.390 e. The lowest BCUT2D eigenvalue weighted by Crippen LogP contribution is -2.64. The fraction of sp³-hybridized carbons (Fsp3) is 0.400. The van der Waals surface area contributed by atoms with E-state index in [0.29, 0.717) is 13.1 Å². The molecule has 1 unspecified atom stereocenters. The van der Waals surface area contributed by atoms with Crippen molar-refractivity contribution >= 4 is 0 Å². The SMILES string of the molecule is [N-]=[N+]=N[C@@H]1COC(O)(CN(Cc2ccccc2)Cc2ccccc2)[C@@H](O)[C@@H]1O. The Morgan fingerprint density at radius 2 is 1.57 bits per heavy atom. The monoisotopic (exact) mass is 384 g/mol. The number of hydrogen-bond acceptors (Lipinski definition) is 6. The molecule has 4 atom stereocenters. The number of nitrogens with zero attached hydrogens (tertiary/aromatic N) is 4. The maximum Gasteiger partial charge on any atom is 0.207 e. The normalized spacial score (nSPS) is 27.4. The highest BCUT2D eigenvalue weighted by molar-refractivity contribution is 5.17. The van der Waals surface area contributed by atoms with Crippen molar-refractivity contribution in [3.63, 3.8) is 0 Å². The predicted octanol–water partition coefficient (Wildman–Crippen LogP) is 1.81. The molecular weight excluding hydrogens is 360 g/mol. The lowest BCUT2D eigenvalue weighted by molar-refractivity contribution is -0.309. The molecule has 0 spiro atoms. The first-order valence-electron chi connectivity index (χ1n) is 9.09. The lowest BCUT2D eigenvalue weighted by Gasteiger charge is -2.44. The summed E-state index contributed by atoms with van der Waals surface area (Å²) in [6.45, 7) is 0.829. The van der Waals surface area contributed by atoms with Crippen LogP contribution in [0.1, 0.15) is 11.1 Å². The minimum atomic E-state index is -1.98. The molecule has 0 aromatic heterocycles. The van der Waals surface area contributed by atoms with E-state index in [1.54, 1.807) is 0 Å². The van der Waals surface area contributed by atoms with Crippen molar-refractivity contribution in [1.29, 1.82) is 0 Å². The van der Waals surface area contributed by atoms with Crippen molar-refractivity contribution in [2.24, 2.45) is 5.11 Å². The molecule has 8 nitrogen and oxygen atoms in total. The van der Waals surface area contributed by atoms with Gasteiger partial charge in [-0.05, 0) is 16.7 Å². The van der Waals surface area contributed by atoms with Gasteiger partial charge in [0.05, 0.1) is 25.3 Å². The summed E-state index contributed by atoms with van der Waals surface area (Å²) in [5, 5.41) is 35.0. The zero-order valence-corrected chi connectivity index (χ0v) is 15.4. The molecule has 0 saturated carbocycles. The van der Waals surface area contributed by atoms with Gasteiger partial charge in [0.1, 0.15) is 6.10 Å². The van der Waals surface area contributed by atoms with Crippen LogP contribution in [-0.2, 0) is 17.8 Å². The van der Waals surface area contributed by atoms with E-state index in [0.717, 1.165) is 11.1 Å². The fourth-order valence-corrected chi connectivity index (χ4v) is 3.37. The third-order valence-corrected chi connectivity index (χ3v) is 4.83. The molecule has 2 aromatic carbocycles. The number of hydrogen-bond donors (Lipinski definition) is 3. The molecule has 0 bridgehead atoms. The molecular formula is C20H24N4O4. The smallest absolute Gasteiger partial charge is 0.207 e. The molecule has 8 heteroatoms. The molecule has 1 aliphatic heterocycles. The van der Waals surface area contributed by atoms with E-state index in [1.807, 2.05) is 65.6 Å². The Hall–Kier alpha value is -2.45. The molecule has 2 aromatic rings. The van der Waals surface area contributed by atoms with Crippen LogP contribution < -0.4 is 0 Å². The molecule has 1 heterocycles. The van der Waals surface area contributed by atoms with E-state index in [1.165, 1.54) is 0 Å². The van der Waals surface area contributed by atoms with Crippen LogP contribution in [0.2, 0.25) is 0 Å². The number of rotatable bonds is 7. The predicted molar refractivity (Wildman–Crippen MR) is 103 cm³/mol. The second kappa shape index (κ2) is 9.16. The Balaban J connectivity index is 1.78. The summed E-state index contributed by atoms with van der Waals surface area (Å²) in [5.74, 6) is -1.98. The topological polar surface area (TPSA) is 122 Å². The van der Waals surface area contributed by atoms with Crippen LogP contribution in [-0.4, -0.2) is 57.4 Å². The van der Waals surface area contributed by atoms with Gasteiger partial charge >= 0.3 is 0 Å². The van der Waals surface area contributed by atoms with Crippen LogP contribution in [0, 0.1) is 0 Å². The molecule has 3 N–H and O–H groups in total. The van der Waals surface area contributed by atoms with Crippen LogP contribution in [0.15, 0.2) is 65.8 Å². The molecule has 0 amide bonds. The van der Waals surface area contributed by atoms with Crippen molar-refractivity contribution in [3.05, 3.63) is 82.2 Å². The van der Waals surface area contributed by atoms with E-state index < -0.39 is 24.0 Å². The maximum atomic E-state index is 10.9. The van der Waals surface area contributed by atoms with Crippen molar-refractivity contribution in [2.75, 3.05) is 13.2 Å². The average Bonchev–Trinajstić information content (AvgIpc) is 2.70. The van der Waals surface area contributed by atoms with Crippen molar-refractivity contribution in [3.8, 4) is 0 Å². The van der Waals surface area contributed by atoms with Gasteiger partial charge in [0, 0.05) is 18.0 Å². The molecule has 0 radical (unpaired) electrons. The van der Waals surface area contributed by atoms with Gasteiger partial charge in [-0.1, -0.05) is 65.8 Å². The third kappa shape index (κ3) is 4.88. The Bertz CT molecular complexity index is 759. The van der Waals surface area contributed by atoms with Crippen molar-refractivity contribution in [2.45, 2.75) is 37.1 Å². The van der Waals surface area contributed by atoms with Crippen molar-refractivity contribution < 1.29 is 20.1 Å². The first-order chi connectivity index (χ1) is 13.5. The van der Waals surface area contributed by atoms with Crippen LogP contribution in [0.4, 0.5) is 0 Å². The number of aliphatic hydroxyl groups excluding tert-OH is 2. The van der Waals surface area contributed by atoms with Crippen LogP contribution >= 0.6 is 0 Å². The summed E-state index contributed by atoms with van der Waals surface area (Å²) >= 11 is 0. The van der Waals surface area contributed by atoms with E-state index in [9.17, 15) is 15.3 Å². The van der Waals surface area contributed by atoms with Gasteiger partial charge in [-0.15, -0.1) is 0 Å². The zero-order valence-electron chi connectivity index (χ0n) is 15.4. The Labute approximate surface area is 163 Å². The first kappa shape index (κ1) is 20.3. The minimum Gasteiger partial charge on any atom is -0.390 e. The van der Waals surface area contributed by atoms with Gasteiger partial charge in [0.25, 0.3) is 0 Å². The highest BCUT2D eigenvalue weighted by Crippen LogP contribution is 2.27. The molecule has 1 fully saturated rings. The quantitative estimate of drug-likeness (QED) is 0.382. The van der Waals surface area contributed by atoms with Gasteiger partial charge < -0.3 is 20.1 Å². The molecule has 28 heavy (non-hydrogen) atoms. The highest BCUT2D eigenvalue weighted by Gasteiger charge is 2.49. The van der Waals surface area contributed by atoms with Gasteiger partial charge in [0.15, 0.2) is 0 Å². The number of aliphatic hydroxyl groups is 3. The van der Waals surface area contributed by atoms with Gasteiger partial charge in [-0.3, -0.25) is 4.90 Å². The first-order valence-corrected chi connectivity index (χ1v) is 9.09. The third-order valence-electron chi connectivity index (χ3n) is 4.83. The molecule has 3 rings (SSSR count). The summed E-state index contributed by atoms with van der Waals surface area (Å²) in [7, 11) is 0. The summed E-state index contributed by atoms with van der Waals surface area (Å²) in [6, 6.07) is 18.6. The van der Waals surface area contributed by atoms with Crippen LogP contribution in [0.3, 0.4) is 0 Å². The summed E-state index contributed by atoms with van der Waals surface area (Å²) in [4.78, 5) is 4.59. The fourth-order valence-electron chi connectivity index (χ4n) is 3.37. The lowest BCUT2D eigenvalue weighted by atomic mass is 9.95. The van der Waals surface area contributed by atoms with E-state index in [2.05, 4.69) is 10.0 Å². The Morgan fingerprint density at radius 3 is 2.07 bits per heavy atom. The second-order valence-electron chi connectivity index (χ2n) is 6.98. The van der Waals surface area contributed by atoms with Gasteiger partial charge in [-0.25, -0.2) is 0 Å². The van der Waals surface area contributed by atoms with Crippen molar-refractivity contribution in [1.82, 2.24) is 4.90 Å². The number of benzene rings is 2. The zero-order chi connectivity index (χ0) is 20.0. The van der Waals surface area contributed by atoms with E-state index in [-0.39, 0.29) is 13.2 Å². The summed E-state index contributed by atoms with van der Waals surface area (Å²) < 4.78 is 5.46.